The van der Waals surface area contributed by atoms with Crippen LogP contribution < -0.4 is 5.32 Å². The van der Waals surface area contributed by atoms with Crippen molar-refractivity contribution in [2.45, 2.75) is 19.9 Å². The van der Waals surface area contributed by atoms with Gasteiger partial charge in [0.25, 0.3) is 0 Å². The predicted molar refractivity (Wildman–Crippen MR) is 65.1 cm³/mol. The van der Waals surface area contributed by atoms with Gasteiger partial charge in [-0.2, -0.15) is 5.10 Å². The average molecular weight is 272 g/mol. The van der Waals surface area contributed by atoms with Crippen LogP contribution in [-0.2, 0) is 11.3 Å². The van der Waals surface area contributed by atoms with Crippen LogP contribution in [0, 0.1) is 6.92 Å². The number of carbonyl (C=O) groups excluding carboxylic acids is 1. The van der Waals surface area contributed by atoms with Gasteiger partial charge in [-0.25, -0.2) is 0 Å². The van der Waals surface area contributed by atoms with E-state index in [9.17, 15) is 4.79 Å². The molecule has 0 aromatic carbocycles. The van der Waals surface area contributed by atoms with E-state index in [1.54, 1.807) is 10.9 Å². The Labute approximate surface area is 107 Å². The lowest BCUT2D eigenvalue weighted by Crippen LogP contribution is -2.14. The minimum atomic E-state index is -0.118. The molecule has 0 aliphatic carbocycles. The van der Waals surface area contributed by atoms with Crippen LogP contribution in [-0.4, -0.2) is 25.9 Å². The standard InChI is InChI=1S/C9H10ClN5OS/c1-6-13-14-9(17-6)12-8(16)2-3-15-5-7(10)4-11-15/h4-5H,2-3H2,1H3,(H,12,14,16). The van der Waals surface area contributed by atoms with Crippen LogP contribution in [0.25, 0.3) is 0 Å². The van der Waals surface area contributed by atoms with Gasteiger partial charge in [-0.1, -0.05) is 22.9 Å². The van der Waals surface area contributed by atoms with Crippen molar-refractivity contribution < 1.29 is 4.79 Å². The zero-order valence-electron chi connectivity index (χ0n) is 9.05. The van der Waals surface area contributed by atoms with E-state index in [0.29, 0.717) is 23.1 Å². The quantitative estimate of drug-likeness (QED) is 0.919. The molecule has 17 heavy (non-hydrogen) atoms. The van der Waals surface area contributed by atoms with Crippen molar-refractivity contribution in [3.63, 3.8) is 0 Å². The van der Waals surface area contributed by atoms with E-state index in [4.69, 9.17) is 11.6 Å². The topological polar surface area (TPSA) is 72.7 Å². The van der Waals surface area contributed by atoms with Crippen molar-refractivity contribution in [3.8, 4) is 0 Å². The highest BCUT2D eigenvalue weighted by Gasteiger charge is 2.06. The smallest absolute Gasteiger partial charge is 0.228 e. The third kappa shape index (κ3) is 3.50. The van der Waals surface area contributed by atoms with Crippen LogP contribution in [0.1, 0.15) is 11.4 Å². The summed E-state index contributed by atoms with van der Waals surface area (Å²) in [6, 6.07) is 0. The zero-order valence-corrected chi connectivity index (χ0v) is 10.6. The van der Waals surface area contributed by atoms with E-state index in [1.807, 2.05) is 6.92 Å². The first kappa shape index (κ1) is 12.0. The third-order valence-corrected chi connectivity index (χ3v) is 2.89. The molecule has 0 bridgehead atoms. The molecule has 2 aromatic heterocycles. The normalized spacial score (nSPS) is 10.5. The second-order valence-electron chi connectivity index (χ2n) is 3.35. The fourth-order valence-electron chi connectivity index (χ4n) is 1.21. The van der Waals surface area contributed by atoms with Crippen molar-refractivity contribution in [3.05, 3.63) is 22.4 Å². The predicted octanol–water partition coefficient (Wildman–Crippen LogP) is 1.73. The van der Waals surface area contributed by atoms with Crippen LogP contribution in [0.4, 0.5) is 5.13 Å². The molecule has 0 fully saturated rings. The Morgan fingerprint density at radius 1 is 1.59 bits per heavy atom. The molecule has 0 atom stereocenters. The first-order chi connectivity index (χ1) is 8.13. The maximum atomic E-state index is 11.6. The summed E-state index contributed by atoms with van der Waals surface area (Å²) in [5.41, 5.74) is 0. The molecule has 0 saturated carbocycles. The lowest BCUT2D eigenvalue weighted by molar-refractivity contribution is -0.116. The molecule has 0 spiro atoms. The second-order valence-corrected chi connectivity index (χ2v) is 4.96. The summed E-state index contributed by atoms with van der Waals surface area (Å²) in [5.74, 6) is -0.118. The Morgan fingerprint density at radius 2 is 2.41 bits per heavy atom. The van der Waals surface area contributed by atoms with E-state index < -0.39 is 0 Å². The van der Waals surface area contributed by atoms with E-state index >= 15 is 0 Å². The molecular weight excluding hydrogens is 262 g/mol. The molecule has 2 aromatic rings. The number of aryl methyl sites for hydroxylation is 2. The Hall–Kier alpha value is -1.47. The van der Waals surface area contributed by atoms with Gasteiger partial charge in [0.1, 0.15) is 5.01 Å². The summed E-state index contributed by atoms with van der Waals surface area (Å²) >= 11 is 7.05. The van der Waals surface area contributed by atoms with Gasteiger partial charge in [0, 0.05) is 19.2 Å². The van der Waals surface area contributed by atoms with Crippen LogP contribution in [0.5, 0.6) is 0 Å². The number of carbonyl (C=O) groups is 1. The summed E-state index contributed by atoms with van der Waals surface area (Å²) in [6.07, 6.45) is 3.52. The Bertz CT molecular complexity index is 523. The Kier molecular flexibility index (Phi) is 3.70. The zero-order chi connectivity index (χ0) is 12.3. The number of hydrogen-bond donors (Lipinski definition) is 1. The summed E-state index contributed by atoms with van der Waals surface area (Å²) in [6.45, 7) is 2.31. The van der Waals surface area contributed by atoms with Gasteiger partial charge < -0.3 is 5.32 Å². The van der Waals surface area contributed by atoms with Gasteiger partial charge in [-0.3, -0.25) is 9.48 Å². The third-order valence-electron chi connectivity index (χ3n) is 1.94. The number of aromatic nitrogens is 4. The van der Waals surface area contributed by atoms with Crippen LogP contribution in [0.3, 0.4) is 0 Å². The first-order valence-corrected chi connectivity index (χ1v) is 6.11. The van der Waals surface area contributed by atoms with E-state index in [2.05, 4.69) is 20.6 Å². The molecular formula is C9H10ClN5OS. The summed E-state index contributed by atoms with van der Waals surface area (Å²) in [4.78, 5) is 11.6. The van der Waals surface area contributed by atoms with Crippen molar-refractivity contribution in [2.24, 2.45) is 0 Å². The number of halogens is 1. The number of amides is 1. The van der Waals surface area contributed by atoms with Gasteiger partial charge in [-0.05, 0) is 6.92 Å². The molecule has 6 nitrogen and oxygen atoms in total. The maximum absolute atomic E-state index is 11.6. The highest BCUT2D eigenvalue weighted by molar-refractivity contribution is 7.15. The Morgan fingerprint density at radius 3 is 3.00 bits per heavy atom. The van der Waals surface area contributed by atoms with Crippen molar-refractivity contribution in [2.75, 3.05) is 5.32 Å². The first-order valence-electron chi connectivity index (χ1n) is 4.91. The fourth-order valence-corrected chi connectivity index (χ4v) is 1.97. The number of nitrogens with zero attached hydrogens (tertiary/aromatic N) is 4. The number of nitrogens with one attached hydrogen (secondary N) is 1. The number of hydrogen-bond acceptors (Lipinski definition) is 5. The molecule has 0 unspecified atom stereocenters. The lowest BCUT2D eigenvalue weighted by atomic mass is 10.4. The molecule has 8 heteroatoms. The minimum Gasteiger partial charge on any atom is -0.300 e. The monoisotopic (exact) mass is 271 g/mol. The van der Waals surface area contributed by atoms with Crippen molar-refractivity contribution in [1.29, 1.82) is 0 Å². The van der Waals surface area contributed by atoms with Crippen LogP contribution >= 0.6 is 22.9 Å². The lowest BCUT2D eigenvalue weighted by Gasteiger charge is -2.01. The highest BCUT2D eigenvalue weighted by Crippen LogP contribution is 2.13. The van der Waals surface area contributed by atoms with Crippen molar-refractivity contribution >= 4 is 34.0 Å². The van der Waals surface area contributed by atoms with Gasteiger partial charge in [-0.15, -0.1) is 10.2 Å². The molecule has 0 radical (unpaired) electrons. The summed E-state index contributed by atoms with van der Waals surface area (Å²) in [7, 11) is 0. The maximum Gasteiger partial charge on any atom is 0.228 e. The average Bonchev–Trinajstić information content (AvgIpc) is 2.85. The molecule has 0 aliphatic rings. The van der Waals surface area contributed by atoms with Gasteiger partial charge in [0.2, 0.25) is 11.0 Å². The van der Waals surface area contributed by atoms with Crippen LogP contribution in [0.2, 0.25) is 5.02 Å². The SMILES string of the molecule is Cc1nnc(NC(=O)CCn2cc(Cl)cn2)s1. The van der Waals surface area contributed by atoms with E-state index in [1.165, 1.54) is 17.5 Å². The minimum absolute atomic E-state index is 0.118. The second kappa shape index (κ2) is 5.24. The Balaban J connectivity index is 1.82. The van der Waals surface area contributed by atoms with Crippen molar-refractivity contribution in [1.82, 2.24) is 20.0 Å². The van der Waals surface area contributed by atoms with Crippen LogP contribution in [0.15, 0.2) is 12.4 Å². The number of anilines is 1. The molecule has 90 valence electrons. The van der Waals surface area contributed by atoms with Gasteiger partial charge in [0.05, 0.1) is 11.2 Å². The van der Waals surface area contributed by atoms with E-state index in [0.717, 1.165) is 5.01 Å². The molecule has 0 saturated heterocycles. The summed E-state index contributed by atoms with van der Waals surface area (Å²) < 4.78 is 1.62. The summed E-state index contributed by atoms with van der Waals surface area (Å²) in [5, 5.41) is 16.2. The van der Waals surface area contributed by atoms with Gasteiger partial charge in [0.15, 0.2) is 0 Å². The molecule has 2 rings (SSSR count). The largest absolute Gasteiger partial charge is 0.300 e. The molecule has 2 heterocycles. The number of rotatable bonds is 4. The highest BCUT2D eigenvalue weighted by atomic mass is 35.5. The van der Waals surface area contributed by atoms with Gasteiger partial charge >= 0.3 is 0 Å². The molecule has 0 aliphatic heterocycles. The molecule has 1 amide bonds. The molecule has 1 N–H and O–H groups in total. The van der Waals surface area contributed by atoms with E-state index in [-0.39, 0.29) is 5.91 Å². The fraction of sp³-hybridized carbons (Fsp3) is 0.333.